The fourth-order valence-corrected chi connectivity index (χ4v) is 2.12. The first-order valence-corrected chi connectivity index (χ1v) is 5.73. The summed E-state index contributed by atoms with van der Waals surface area (Å²) in [7, 11) is 1.89. The molecule has 0 saturated carbocycles. The first-order valence-electron chi connectivity index (χ1n) is 5.73. The summed E-state index contributed by atoms with van der Waals surface area (Å²) in [6.45, 7) is 9.10. The van der Waals surface area contributed by atoms with E-state index < -0.39 is 0 Å². The molecule has 1 heterocycles. The van der Waals surface area contributed by atoms with Crippen LogP contribution in [-0.4, -0.2) is 49.6 Å². The zero-order valence-corrected chi connectivity index (χ0v) is 10.2. The monoisotopic (exact) mass is 213 g/mol. The summed E-state index contributed by atoms with van der Waals surface area (Å²) in [5, 5.41) is 6.08. The summed E-state index contributed by atoms with van der Waals surface area (Å²) in [5.74, 6) is 0.756. The lowest BCUT2D eigenvalue weighted by Crippen LogP contribution is -2.62. The van der Waals surface area contributed by atoms with Crippen molar-refractivity contribution in [3.8, 4) is 0 Å². The summed E-state index contributed by atoms with van der Waals surface area (Å²) < 4.78 is 0. The van der Waals surface area contributed by atoms with Gasteiger partial charge in [-0.1, -0.05) is 13.8 Å². The van der Waals surface area contributed by atoms with Gasteiger partial charge in [0.1, 0.15) is 6.04 Å². The minimum absolute atomic E-state index is 0.00593. The van der Waals surface area contributed by atoms with Gasteiger partial charge < -0.3 is 10.6 Å². The zero-order valence-electron chi connectivity index (χ0n) is 10.2. The van der Waals surface area contributed by atoms with E-state index >= 15 is 0 Å². The van der Waals surface area contributed by atoms with Crippen molar-refractivity contribution in [2.24, 2.45) is 5.92 Å². The fraction of sp³-hybridized carbons (Fsp3) is 0.909. The number of hydrogen-bond acceptors (Lipinski definition) is 3. The molecule has 2 unspecified atom stereocenters. The van der Waals surface area contributed by atoms with Crippen LogP contribution < -0.4 is 10.6 Å². The van der Waals surface area contributed by atoms with Crippen LogP contribution in [-0.2, 0) is 4.79 Å². The van der Waals surface area contributed by atoms with Gasteiger partial charge in [0, 0.05) is 25.7 Å². The van der Waals surface area contributed by atoms with E-state index in [4.69, 9.17) is 0 Å². The molecule has 0 aliphatic carbocycles. The van der Waals surface area contributed by atoms with Gasteiger partial charge in [-0.15, -0.1) is 0 Å². The number of nitrogens with zero attached hydrogens (tertiary/aromatic N) is 1. The third kappa shape index (κ3) is 3.47. The molecule has 88 valence electrons. The summed E-state index contributed by atoms with van der Waals surface area (Å²) >= 11 is 0. The van der Waals surface area contributed by atoms with Crippen molar-refractivity contribution in [1.82, 2.24) is 15.5 Å². The molecule has 2 atom stereocenters. The van der Waals surface area contributed by atoms with Crippen LogP contribution in [0.25, 0.3) is 0 Å². The van der Waals surface area contributed by atoms with E-state index in [1.54, 1.807) is 0 Å². The average molecular weight is 213 g/mol. The second kappa shape index (κ2) is 5.47. The molecule has 2 N–H and O–H groups in total. The van der Waals surface area contributed by atoms with E-state index in [-0.39, 0.29) is 18.0 Å². The molecule has 0 radical (unpaired) electrons. The zero-order chi connectivity index (χ0) is 11.4. The van der Waals surface area contributed by atoms with Crippen molar-refractivity contribution in [2.75, 3.05) is 26.7 Å². The predicted molar refractivity (Wildman–Crippen MR) is 61.7 cm³/mol. The quantitative estimate of drug-likeness (QED) is 0.693. The number of carbonyl (C=O) groups is 1. The Bertz CT molecular complexity index is 216. The molecule has 0 spiro atoms. The van der Waals surface area contributed by atoms with Crippen molar-refractivity contribution >= 4 is 5.91 Å². The Balaban J connectivity index is 2.64. The Labute approximate surface area is 92.4 Å². The van der Waals surface area contributed by atoms with Crippen molar-refractivity contribution in [2.45, 2.75) is 32.9 Å². The number of amides is 1. The van der Waals surface area contributed by atoms with Crippen LogP contribution in [0.3, 0.4) is 0 Å². The smallest absolute Gasteiger partial charge is 0.238 e. The van der Waals surface area contributed by atoms with Gasteiger partial charge in [0.15, 0.2) is 0 Å². The molecule has 0 aromatic rings. The highest BCUT2D eigenvalue weighted by molar-refractivity contribution is 5.83. The van der Waals surface area contributed by atoms with Gasteiger partial charge in [-0.25, -0.2) is 0 Å². The lowest BCUT2D eigenvalue weighted by molar-refractivity contribution is -0.130. The predicted octanol–water partition coefficient (Wildman–Crippen LogP) is 0.0507. The molecule has 15 heavy (non-hydrogen) atoms. The van der Waals surface area contributed by atoms with Crippen molar-refractivity contribution < 1.29 is 4.79 Å². The molecule has 0 aromatic carbocycles. The molecule has 0 aromatic heterocycles. The third-order valence-corrected chi connectivity index (χ3v) is 2.64. The van der Waals surface area contributed by atoms with Crippen LogP contribution >= 0.6 is 0 Å². The molecule has 1 saturated heterocycles. The van der Waals surface area contributed by atoms with Gasteiger partial charge in [-0.05, 0) is 19.9 Å². The van der Waals surface area contributed by atoms with E-state index in [1.165, 1.54) is 0 Å². The van der Waals surface area contributed by atoms with Gasteiger partial charge in [0.25, 0.3) is 0 Å². The van der Waals surface area contributed by atoms with Gasteiger partial charge in [0.2, 0.25) is 5.91 Å². The molecule has 0 bridgehead atoms. The third-order valence-electron chi connectivity index (χ3n) is 2.64. The number of piperazine rings is 1. The minimum atomic E-state index is -0.00593. The summed E-state index contributed by atoms with van der Waals surface area (Å²) in [6.07, 6.45) is 0. The highest BCUT2D eigenvalue weighted by Crippen LogP contribution is 2.10. The lowest BCUT2D eigenvalue weighted by atomic mass is 10.1. The highest BCUT2D eigenvalue weighted by atomic mass is 16.2. The van der Waals surface area contributed by atoms with Crippen LogP contribution in [0.4, 0.5) is 0 Å². The van der Waals surface area contributed by atoms with Crippen LogP contribution in [0.2, 0.25) is 0 Å². The molecule has 1 fully saturated rings. The number of likely N-dealkylation sites (N-methyl/N-ethyl adjacent to an activating group) is 1. The molecule has 4 heteroatoms. The maximum absolute atomic E-state index is 11.8. The van der Waals surface area contributed by atoms with Crippen molar-refractivity contribution in [3.05, 3.63) is 0 Å². The second-order valence-electron chi connectivity index (χ2n) is 4.83. The maximum atomic E-state index is 11.8. The minimum Gasteiger partial charge on any atom is -0.351 e. The van der Waals surface area contributed by atoms with Crippen LogP contribution in [0.15, 0.2) is 0 Å². The Morgan fingerprint density at radius 1 is 1.60 bits per heavy atom. The summed E-state index contributed by atoms with van der Waals surface area (Å²) in [6, 6.07) is 0.262. The first kappa shape index (κ1) is 12.5. The Kier molecular flexibility index (Phi) is 4.54. The summed E-state index contributed by atoms with van der Waals surface area (Å²) in [5.41, 5.74) is 0. The van der Waals surface area contributed by atoms with Crippen LogP contribution in [0.5, 0.6) is 0 Å². The fourth-order valence-electron chi connectivity index (χ4n) is 2.12. The van der Waals surface area contributed by atoms with Gasteiger partial charge >= 0.3 is 0 Å². The number of nitrogens with one attached hydrogen (secondary N) is 2. The van der Waals surface area contributed by atoms with Crippen LogP contribution in [0, 0.1) is 5.92 Å². The van der Waals surface area contributed by atoms with Crippen LogP contribution in [0.1, 0.15) is 20.8 Å². The number of carbonyl (C=O) groups excluding carboxylic acids is 1. The van der Waals surface area contributed by atoms with Gasteiger partial charge in [0.05, 0.1) is 0 Å². The van der Waals surface area contributed by atoms with E-state index in [0.29, 0.717) is 5.92 Å². The standard InChI is InChI=1S/C11H23N3O/c1-8(2)6-14-7-9(3)13-11(15)10(14)5-12-4/h8-10,12H,5-7H2,1-4H3,(H,13,15). The number of rotatable bonds is 4. The average Bonchev–Trinajstić information content (AvgIpc) is 2.10. The Hall–Kier alpha value is -0.610. The van der Waals surface area contributed by atoms with E-state index in [2.05, 4.69) is 36.3 Å². The molecule has 1 aliphatic heterocycles. The first-order chi connectivity index (χ1) is 7.04. The Morgan fingerprint density at radius 3 is 2.80 bits per heavy atom. The van der Waals surface area contributed by atoms with Crippen molar-refractivity contribution in [3.63, 3.8) is 0 Å². The second-order valence-corrected chi connectivity index (χ2v) is 4.83. The summed E-state index contributed by atoms with van der Waals surface area (Å²) in [4.78, 5) is 14.1. The molecular weight excluding hydrogens is 190 g/mol. The Morgan fingerprint density at radius 2 is 2.27 bits per heavy atom. The molecule has 1 amide bonds. The molecule has 1 rings (SSSR count). The topological polar surface area (TPSA) is 44.4 Å². The SMILES string of the molecule is CNCC1C(=O)NC(C)CN1CC(C)C. The van der Waals surface area contributed by atoms with E-state index in [1.807, 2.05) is 7.05 Å². The van der Waals surface area contributed by atoms with Crippen molar-refractivity contribution in [1.29, 1.82) is 0 Å². The molecule has 1 aliphatic rings. The normalized spacial score (nSPS) is 28.2. The van der Waals surface area contributed by atoms with Gasteiger partial charge in [-0.3, -0.25) is 9.69 Å². The maximum Gasteiger partial charge on any atom is 0.238 e. The number of hydrogen-bond donors (Lipinski definition) is 2. The van der Waals surface area contributed by atoms with E-state index in [0.717, 1.165) is 19.6 Å². The largest absolute Gasteiger partial charge is 0.351 e. The lowest BCUT2D eigenvalue weighted by Gasteiger charge is -2.39. The molecule has 4 nitrogen and oxygen atoms in total. The highest BCUT2D eigenvalue weighted by Gasteiger charge is 2.32. The van der Waals surface area contributed by atoms with Gasteiger partial charge in [-0.2, -0.15) is 0 Å². The van der Waals surface area contributed by atoms with E-state index in [9.17, 15) is 4.79 Å². The molecular formula is C11H23N3O.